The summed E-state index contributed by atoms with van der Waals surface area (Å²) in [7, 11) is 1.29. The van der Waals surface area contributed by atoms with Gasteiger partial charge in [-0.05, 0) is 23.6 Å². The summed E-state index contributed by atoms with van der Waals surface area (Å²) in [5.41, 5.74) is 0.575. The average Bonchev–Trinajstić information content (AvgIpc) is 2.36. The summed E-state index contributed by atoms with van der Waals surface area (Å²) >= 11 is 0. The van der Waals surface area contributed by atoms with Crippen molar-refractivity contribution in [1.82, 2.24) is 5.32 Å². The summed E-state index contributed by atoms with van der Waals surface area (Å²) in [6.07, 6.45) is -4.72. The molecule has 0 aliphatic carbocycles. The lowest BCUT2D eigenvalue weighted by molar-refractivity contribution is -0.274. The van der Waals surface area contributed by atoms with Gasteiger partial charge in [0, 0.05) is 6.54 Å². The van der Waals surface area contributed by atoms with Crippen molar-refractivity contribution in [2.24, 2.45) is 5.92 Å². The fourth-order valence-electron chi connectivity index (χ4n) is 1.80. The minimum absolute atomic E-state index is 0.00735. The number of methoxy groups -OCH3 is 1. The van der Waals surface area contributed by atoms with Crippen molar-refractivity contribution < 1.29 is 27.4 Å². The van der Waals surface area contributed by atoms with Gasteiger partial charge in [-0.1, -0.05) is 26.0 Å². The molecule has 0 saturated heterocycles. The van der Waals surface area contributed by atoms with Crippen molar-refractivity contribution in [3.63, 3.8) is 0 Å². The van der Waals surface area contributed by atoms with E-state index in [1.165, 1.54) is 25.3 Å². The lowest BCUT2D eigenvalue weighted by Crippen LogP contribution is -2.41. The van der Waals surface area contributed by atoms with Crippen LogP contribution in [0.15, 0.2) is 24.3 Å². The van der Waals surface area contributed by atoms with Crippen molar-refractivity contribution in [2.45, 2.75) is 32.8 Å². The van der Waals surface area contributed by atoms with Crippen LogP contribution < -0.4 is 10.1 Å². The van der Waals surface area contributed by atoms with Crippen LogP contribution in [0.2, 0.25) is 0 Å². The van der Waals surface area contributed by atoms with Crippen LogP contribution in [0.3, 0.4) is 0 Å². The van der Waals surface area contributed by atoms with Crippen LogP contribution in [0, 0.1) is 5.92 Å². The molecule has 1 unspecified atom stereocenters. The maximum absolute atomic E-state index is 12.1. The second-order valence-corrected chi connectivity index (χ2v) is 4.82. The number of carbonyl (C=O) groups excluding carboxylic acids is 1. The van der Waals surface area contributed by atoms with E-state index >= 15 is 0 Å². The molecule has 0 amide bonds. The fourth-order valence-corrected chi connectivity index (χ4v) is 1.80. The Balaban J connectivity index is 2.70. The zero-order valence-corrected chi connectivity index (χ0v) is 12.0. The summed E-state index contributed by atoms with van der Waals surface area (Å²) in [5, 5.41) is 2.96. The maximum Gasteiger partial charge on any atom is 0.573 e. The number of hydrogen-bond donors (Lipinski definition) is 1. The van der Waals surface area contributed by atoms with Crippen LogP contribution in [0.5, 0.6) is 5.75 Å². The minimum atomic E-state index is -4.72. The van der Waals surface area contributed by atoms with Gasteiger partial charge in [0.05, 0.1) is 7.11 Å². The standard InChI is InChI=1S/C14H18F3NO3/c1-9(2)12(13(19)20-3)18-8-10-5-4-6-11(7-10)21-14(15,16)17/h4-7,9,12,18H,8H2,1-3H3. The first-order valence-corrected chi connectivity index (χ1v) is 6.39. The number of esters is 1. The van der Waals surface area contributed by atoms with Gasteiger partial charge in [0.25, 0.3) is 0 Å². The van der Waals surface area contributed by atoms with E-state index in [2.05, 4.69) is 14.8 Å². The summed E-state index contributed by atoms with van der Waals surface area (Å²) < 4.78 is 45.0. The molecule has 118 valence electrons. The quantitative estimate of drug-likeness (QED) is 0.821. The smallest absolute Gasteiger partial charge is 0.468 e. The van der Waals surface area contributed by atoms with Crippen molar-refractivity contribution in [1.29, 1.82) is 0 Å². The van der Waals surface area contributed by atoms with E-state index in [1.54, 1.807) is 6.07 Å². The third-order valence-electron chi connectivity index (χ3n) is 2.78. The molecular formula is C14H18F3NO3. The second-order valence-electron chi connectivity index (χ2n) is 4.82. The van der Waals surface area contributed by atoms with Gasteiger partial charge in [-0.3, -0.25) is 4.79 Å². The van der Waals surface area contributed by atoms with Gasteiger partial charge in [0.1, 0.15) is 11.8 Å². The first-order chi connectivity index (χ1) is 9.73. The Hall–Kier alpha value is -1.76. The van der Waals surface area contributed by atoms with Gasteiger partial charge < -0.3 is 14.8 Å². The molecule has 21 heavy (non-hydrogen) atoms. The number of halogens is 3. The molecule has 0 saturated carbocycles. The highest BCUT2D eigenvalue weighted by molar-refractivity contribution is 5.75. The van der Waals surface area contributed by atoms with Gasteiger partial charge in [0.15, 0.2) is 0 Å². The van der Waals surface area contributed by atoms with Crippen molar-refractivity contribution in [3.05, 3.63) is 29.8 Å². The fraction of sp³-hybridized carbons (Fsp3) is 0.500. The molecule has 1 atom stereocenters. The van der Waals surface area contributed by atoms with Crippen LogP contribution in [0.25, 0.3) is 0 Å². The molecule has 0 radical (unpaired) electrons. The van der Waals surface area contributed by atoms with E-state index in [0.717, 1.165) is 0 Å². The molecule has 0 bridgehead atoms. The number of benzene rings is 1. The number of hydrogen-bond acceptors (Lipinski definition) is 4. The van der Waals surface area contributed by atoms with Crippen molar-refractivity contribution >= 4 is 5.97 Å². The van der Waals surface area contributed by atoms with Crippen LogP contribution in [-0.2, 0) is 16.1 Å². The van der Waals surface area contributed by atoms with E-state index in [0.29, 0.717) is 5.56 Å². The average molecular weight is 305 g/mol. The minimum Gasteiger partial charge on any atom is -0.468 e. The summed E-state index contributed by atoms with van der Waals surface area (Å²) in [6.45, 7) is 3.92. The third kappa shape index (κ3) is 6.03. The van der Waals surface area contributed by atoms with E-state index in [9.17, 15) is 18.0 Å². The summed E-state index contributed by atoms with van der Waals surface area (Å²) in [5.74, 6) is -0.708. The molecule has 0 aliphatic heterocycles. The molecule has 7 heteroatoms. The predicted molar refractivity (Wildman–Crippen MR) is 70.6 cm³/mol. The Kier molecular flexibility index (Phi) is 6.02. The molecule has 1 rings (SSSR count). The molecule has 0 fully saturated rings. The molecule has 4 nitrogen and oxygen atoms in total. The van der Waals surface area contributed by atoms with Gasteiger partial charge in [0.2, 0.25) is 0 Å². The number of carbonyl (C=O) groups is 1. The van der Waals surface area contributed by atoms with E-state index < -0.39 is 18.4 Å². The monoisotopic (exact) mass is 305 g/mol. The number of ether oxygens (including phenoxy) is 2. The Morgan fingerprint density at radius 3 is 2.52 bits per heavy atom. The van der Waals surface area contributed by atoms with E-state index in [-0.39, 0.29) is 18.2 Å². The highest BCUT2D eigenvalue weighted by atomic mass is 19.4. The first kappa shape index (κ1) is 17.3. The molecular weight excluding hydrogens is 287 g/mol. The predicted octanol–water partition coefficient (Wildman–Crippen LogP) is 2.87. The topological polar surface area (TPSA) is 47.6 Å². The Bertz CT molecular complexity index is 475. The number of alkyl halides is 3. The maximum atomic E-state index is 12.1. The SMILES string of the molecule is COC(=O)C(NCc1cccc(OC(F)(F)F)c1)C(C)C. The molecule has 0 aromatic heterocycles. The van der Waals surface area contributed by atoms with Crippen LogP contribution >= 0.6 is 0 Å². The number of nitrogens with one attached hydrogen (secondary N) is 1. The zero-order valence-electron chi connectivity index (χ0n) is 12.0. The lowest BCUT2D eigenvalue weighted by atomic mass is 10.0. The molecule has 0 aliphatic rings. The van der Waals surface area contributed by atoms with Crippen molar-refractivity contribution in [3.8, 4) is 5.75 Å². The molecule has 1 aromatic rings. The zero-order chi connectivity index (χ0) is 16.0. The second kappa shape index (κ2) is 7.31. The molecule has 0 heterocycles. The molecule has 1 aromatic carbocycles. The summed E-state index contributed by atoms with van der Waals surface area (Å²) in [6, 6.07) is 5.07. The third-order valence-corrected chi connectivity index (χ3v) is 2.78. The summed E-state index contributed by atoms with van der Waals surface area (Å²) in [4.78, 5) is 11.6. The van der Waals surface area contributed by atoms with Crippen LogP contribution in [0.1, 0.15) is 19.4 Å². The van der Waals surface area contributed by atoms with Crippen molar-refractivity contribution in [2.75, 3.05) is 7.11 Å². The highest BCUT2D eigenvalue weighted by Crippen LogP contribution is 2.23. The van der Waals surface area contributed by atoms with Gasteiger partial charge in [-0.2, -0.15) is 0 Å². The Morgan fingerprint density at radius 2 is 2.00 bits per heavy atom. The van der Waals surface area contributed by atoms with E-state index in [4.69, 9.17) is 0 Å². The van der Waals surface area contributed by atoms with Gasteiger partial charge in [-0.25, -0.2) is 0 Å². The normalized spacial score (nSPS) is 13.1. The van der Waals surface area contributed by atoms with Crippen LogP contribution in [0.4, 0.5) is 13.2 Å². The number of rotatable bonds is 6. The molecule has 1 N–H and O–H groups in total. The lowest BCUT2D eigenvalue weighted by Gasteiger charge is -2.20. The van der Waals surface area contributed by atoms with Crippen LogP contribution in [-0.4, -0.2) is 25.5 Å². The molecule has 0 spiro atoms. The Morgan fingerprint density at radius 1 is 1.33 bits per heavy atom. The van der Waals surface area contributed by atoms with Gasteiger partial charge in [-0.15, -0.1) is 13.2 Å². The highest BCUT2D eigenvalue weighted by Gasteiger charge is 2.31. The van der Waals surface area contributed by atoms with E-state index in [1.807, 2.05) is 13.8 Å². The largest absolute Gasteiger partial charge is 0.573 e. The van der Waals surface area contributed by atoms with Gasteiger partial charge >= 0.3 is 12.3 Å². The first-order valence-electron chi connectivity index (χ1n) is 6.39. The Labute approximate surface area is 121 Å².